The Balaban J connectivity index is 1.70. The maximum atomic E-state index is 3.96. The molecule has 3 rings (SSSR count). The van der Waals surface area contributed by atoms with Crippen LogP contribution in [0.2, 0.25) is 0 Å². The SMILES string of the molecule is CC1CCCC(CNC2c3ccccc3CCC2(C)C)C1. The van der Waals surface area contributed by atoms with Gasteiger partial charge in [0, 0.05) is 6.04 Å². The van der Waals surface area contributed by atoms with E-state index < -0.39 is 0 Å². The van der Waals surface area contributed by atoms with Crippen molar-refractivity contribution in [2.24, 2.45) is 17.3 Å². The Kier molecular flexibility index (Phi) is 4.40. The molecule has 1 nitrogen and oxygen atoms in total. The third kappa shape index (κ3) is 3.34. The molecule has 0 saturated heterocycles. The Morgan fingerprint density at radius 3 is 2.81 bits per heavy atom. The van der Waals surface area contributed by atoms with Gasteiger partial charge in [0.1, 0.15) is 0 Å². The molecule has 21 heavy (non-hydrogen) atoms. The summed E-state index contributed by atoms with van der Waals surface area (Å²) in [4.78, 5) is 0. The largest absolute Gasteiger partial charge is 0.309 e. The molecule has 0 amide bonds. The highest BCUT2D eigenvalue weighted by Crippen LogP contribution is 2.43. The van der Waals surface area contributed by atoms with E-state index in [9.17, 15) is 0 Å². The number of benzene rings is 1. The zero-order valence-corrected chi connectivity index (χ0v) is 14.0. The quantitative estimate of drug-likeness (QED) is 0.813. The van der Waals surface area contributed by atoms with Crippen LogP contribution < -0.4 is 5.32 Å². The summed E-state index contributed by atoms with van der Waals surface area (Å²) in [6.07, 6.45) is 8.24. The van der Waals surface area contributed by atoms with Gasteiger partial charge in [-0.05, 0) is 60.6 Å². The van der Waals surface area contributed by atoms with E-state index in [1.54, 1.807) is 11.1 Å². The van der Waals surface area contributed by atoms with Gasteiger partial charge in [0.05, 0.1) is 0 Å². The van der Waals surface area contributed by atoms with E-state index in [0.717, 1.165) is 11.8 Å². The first-order valence-corrected chi connectivity index (χ1v) is 8.87. The molecule has 2 aliphatic rings. The average molecular weight is 285 g/mol. The molecule has 1 saturated carbocycles. The number of rotatable bonds is 3. The van der Waals surface area contributed by atoms with Crippen LogP contribution in [0.5, 0.6) is 0 Å². The van der Waals surface area contributed by atoms with E-state index >= 15 is 0 Å². The molecule has 3 unspecified atom stereocenters. The molecule has 1 fully saturated rings. The molecule has 0 bridgehead atoms. The monoisotopic (exact) mass is 285 g/mol. The van der Waals surface area contributed by atoms with Gasteiger partial charge in [-0.2, -0.15) is 0 Å². The topological polar surface area (TPSA) is 12.0 Å². The van der Waals surface area contributed by atoms with E-state index in [-0.39, 0.29) is 0 Å². The molecule has 0 spiro atoms. The molecule has 1 heteroatoms. The molecule has 1 aromatic rings. The van der Waals surface area contributed by atoms with Crippen LogP contribution in [0.1, 0.15) is 70.0 Å². The highest BCUT2D eigenvalue weighted by Gasteiger charge is 2.35. The van der Waals surface area contributed by atoms with Crippen LogP contribution >= 0.6 is 0 Å². The van der Waals surface area contributed by atoms with Crippen molar-refractivity contribution in [2.45, 2.75) is 65.3 Å². The van der Waals surface area contributed by atoms with Gasteiger partial charge >= 0.3 is 0 Å². The lowest BCUT2D eigenvalue weighted by atomic mass is 9.70. The van der Waals surface area contributed by atoms with Gasteiger partial charge in [-0.1, -0.05) is 57.9 Å². The van der Waals surface area contributed by atoms with Crippen molar-refractivity contribution in [3.8, 4) is 0 Å². The number of fused-ring (bicyclic) bond motifs is 1. The maximum absolute atomic E-state index is 3.96. The number of aryl methyl sites for hydroxylation is 1. The van der Waals surface area contributed by atoms with E-state index in [2.05, 4.69) is 50.4 Å². The van der Waals surface area contributed by atoms with Crippen molar-refractivity contribution in [1.82, 2.24) is 5.32 Å². The summed E-state index contributed by atoms with van der Waals surface area (Å²) in [6, 6.07) is 9.59. The second-order valence-electron chi connectivity index (χ2n) is 8.17. The maximum Gasteiger partial charge on any atom is 0.0374 e. The predicted octanol–water partition coefficient (Wildman–Crippen LogP) is 5.12. The van der Waals surface area contributed by atoms with Crippen molar-refractivity contribution >= 4 is 0 Å². The third-order valence-corrected chi connectivity index (χ3v) is 5.84. The molecule has 2 aliphatic carbocycles. The Bertz CT molecular complexity index is 476. The van der Waals surface area contributed by atoms with Crippen molar-refractivity contribution in [1.29, 1.82) is 0 Å². The van der Waals surface area contributed by atoms with Gasteiger partial charge in [-0.15, -0.1) is 0 Å². The van der Waals surface area contributed by atoms with E-state index in [1.165, 1.54) is 45.1 Å². The summed E-state index contributed by atoms with van der Waals surface area (Å²) in [5.41, 5.74) is 3.48. The molecule has 0 heterocycles. The summed E-state index contributed by atoms with van der Waals surface area (Å²) in [5.74, 6) is 1.82. The Labute approximate surface area is 130 Å². The van der Waals surface area contributed by atoms with Crippen molar-refractivity contribution in [3.05, 3.63) is 35.4 Å². The molecule has 116 valence electrons. The van der Waals surface area contributed by atoms with E-state index in [0.29, 0.717) is 11.5 Å². The highest BCUT2D eigenvalue weighted by atomic mass is 14.9. The summed E-state index contributed by atoms with van der Waals surface area (Å²) in [7, 11) is 0. The van der Waals surface area contributed by atoms with Crippen LogP contribution in [0.15, 0.2) is 24.3 Å². The highest BCUT2D eigenvalue weighted by molar-refractivity contribution is 5.34. The van der Waals surface area contributed by atoms with Crippen LogP contribution in [0, 0.1) is 17.3 Å². The molecule has 0 aliphatic heterocycles. The first-order chi connectivity index (χ1) is 10.1. The molecule has 0 aromatic heterocycles. The molecule has 1 N–H and O–H groups in total. The lowest BCUT2D eigenvalue weighted by Crippen LogP contribution is -2.40. The van der Waals surface area contributed by atoms with Crippen LogP contribution in [0.3, 0.4) is 0 Å². The first kappa shape index (κ1) is 15.1. The minimum Gasteiger partial charge on any atom is -0.309 e. The Hall–Kier alpha value is -0.820. The molecule has 0 radical (unpaired) electrons. The summed E-state index contributed by atoms with van der Waals surface area (Å²) in [5, 5.41) is 3.96. The van der Waals surface area contributed by atoms with Crippen LogP contribution in [-0.4, -0.2) is 6.54 Å². The number of hydrogen-bond acceptors (Lipinski definition) is 1. The predicted molar refractivity (Wildman–Crippen MR) is 90.4 cm³/mol. The fourth-order valence-corrected chi connectivity index (χ4v) is 4.48. The van der Waals surface area contributed by atoms with Gasteiger partial charge < -0.3 is 5.32 Å². The summed E-state index contributed by atoms with van der Waals surface area (Å²) >= 11 is 0. The van der Waals surface area contributed by atoms with Crippen LogP contribution in [0.25, 0.3) is 0 Å². The molecule has 3 atom stereocenters. The fraction of sp³-hybridized carbons (Fsp3) is 0.700. The average Bonchev–Trinajstić information content (AvgIpc) is 2.46. The summed E-state index contributed by atoms with van der Waals surface area (Å²) in [6.45, 7) is 8.49. The molecule has 1 aromatic carbocycles. The van der Waals surface area contributed by atoms with Crippen molar-refractivity contribution in [2.75, 3.05) is 6.54 Å². The Morgan fingerprint density at radius 2 is 2.00 bits per heavy atom. The minimum atomic E-state index is 0.370. The zero-order chi connectivity index (χ0) is 14.9. The smallest absolute Gasteiger partial charge is 0.0374 e. The van der Waals surface area contributed by atoms with Gasteiger partial charge in [-0.25, -0.2) is 0 Å². The molecular weight excluding hydrogens is 254 g/mol. The fourth-order valence-electron chi connectivity index (χ4n) is 4.48. The van der Waals surface area contributed by atoms with Crippen molar-refractivity contribution in [3.63, 3.8) is 0 Å². The second kappa shape index (κ2) is 6.12. The van der Waals surface area contributed by atoms with E-state index in [1.807, 2.05) is 0 Å². The summed E-state index contributed by atoms with van der Waals surface area (Å²) < 4.78 is 0. The van der Waals surface area contributed by atoms with Crippen molar-refractivity contribution < 1.29 is 0 Å². The minimum absolute atomic E-state index is 0.370. The van der Waals surface area contributed by atoms with Gasteiger partial charge in [0.25, 0.3) is 0 Å². The standard InChI is InChI=1S/C20H31N/c1-15-7-6-8-16(13-15)14-21-19-18-10-5-4-9-17(18)11-12-20(19,2)3/h4-5,9-10,15-16,19,21H,6-8,11-14H2,1-3H3. The van der Waals surface area contributed by atoms with Gasteiger partial charge in [-0.3, -0.25) is 0 Å². The number of hydrogen-bond donors (Lipinski definition) is 1. The van der Waals surface area contributed by atoms with Gasteiger partial charge in [0.2, 0.25) is 0 Å². The number of nitrogens with one attached hydrogen (secondary N) is 1. The third-order valence-electron chi connectivity index (χ3n) is 5.84. The Morgan fingerprint density at radius 1 is 1.19 bits per heavy atom. The van der Waals surface area contributed by atoms with E-state index in [4.69, 9.17) is 0 Å². The normalized spacial score (nSPS) is 31.7. The zero-order valence-electron chi connectivity index (χ0n) is 14.0. The lowest BCUT2D eigenvalue weighted by molar-refractivity contribution is 0.187. The van der Waals surface area contributed by atoms with Gasteiger partial charge in [0.15, 0.2) is 0 Å². The molecular formula is C20H31N. The lowest BCUT2D eigenvalue weighted by Gasteiger charge is -2.42. The van der Waals surface area contributed by atoms with Crippen LogP contribution in [-0.2, 0) is 6.42 Å². The van der Waals surface area contributed by atoms with Crippen LogP contribution in [0.4, 0.5) is 0 Å². The second-order valence-corrected chi connectivity index (χ2v) is 8.17. The first-order valence-electron chi connectivity index (χ1n) is 8.87.